The van der Waals surface area contributed by atoms with Crippen molar-refractivity contribution >= 4 is 34.8 Å². The molecule has 0 bridgehead atoms. The van der Waals surface area contributed by atoms with Gasteiger partial charge in [0.1, 0.15) is 0 Å². The molecule has 27 heavy (non-hydrogen) atoms. The lowest BCUT2D eigenvalue weighted by atomic mass is 9.95. The molecular weight excluding hydrogens is 380 g/mol. The van der Waals surface area contributed by atoms with Gasteiger partial charge in [-0.1, -0.05) is 17.7 Å². The maximum Gasteiger partial charge on any atom is 0.253 e. The topological polar surface area (TPSA) is 40.6 Å². The van der Waals surface area contributed by atoms with Crippen molar-refractivity contribution < 1.29 is 9.59 Å². The number of amides is 2. The first kappa shape index (κ1) is 18.5. The number of carbonyl (C=O) groups is 2. The summed E-state index contributed by atoms with van der Waals surface area (Å²) in [5.41, 5.74) is 0.630. The second-order valence-electron chi connectivity index (χ2n) is 7.30. The predicted octanol–water partition coefficient (Wildman–Crippen LogP) is 4.62. The van der Waals surface area contributed by atoms with Crippen molar-refractivity contribution in [3.63, 3.8) is 0 Å². The first-order valence-corrected chi connectivity index (χ1v) is 10.8. The Labute approximate surface area is 168 Å². The Bertz CT molecular complexity index is 806. The first-order valence-electron chi connectivity index (χ1n) is 9.52. The fourth-order valence-electron chi connectivity index (χ4n) is 4.18. The summed E-state index contributed by atoms with van der Waals surface area (Å²) in [6.45, 7) is 2.04. The molecule has 2 fully saturated rings. The summed E-state index contributed by atoms with van der Waals surface area (Å²) in [7, 11) is 0. The van der Waals surface area contributed by atoms with Gasteiger partial charge >= 0.3 is 0 Å². The van der Waals surface area contributed by atoms with E-state index in [0.717, 1.165) is 32.2 Å². The molecule has 0 spiro atoms. The molecule has 0 N–H and O–H groups in total. The number of hydrogen-bond acceptors (Lipinski definition) is 3. The number of carbonyl (C=O) groups excluding carboxylic acids is 2. The van der Waals surface area contributed by atoms with E-state index in [2.05, 4.69) is 11.4 Å². The minimum absolute atomic E-state index is 0.0135. The van der Waals surface area contributed by atoms with E-state index >= 15 is 0 Å². The number of hydrogen-bond donors (Lipinski definition) is 0. The van der Waals surface area contributed by atoms with Gasteiger partial charge in [0.05, 0.1) is 12.0 Å². The van der Waals surface area contributed by atoms with Gasteiger partial charge in [-0.2, -0.15) is 0 Å². The van der Waals surface area contributed by atoms with Crippen LogP contribution in [0.25, 0.3) is 0 Å². The molecule has 0 unspecified atom stereocenters. The maximum absolute atomic E-state index is 13.2. The van der Waals surface area contributed by atoms with Crippen LogP contribution in [0.5, 0.6) is 0 Å². The van der Waals surface area contributed by atoms with Crippen molar-refractivity contribution in [2.75, 3.05) is 19.6 Å². The highest BCUT2D eigenvalue weighted by molar-refractivity contribution is 7.10. The lowest BCUT2D eigenvalue weighted by Gasteiger charge is -2.35. The van der Waals surface area contributed by atoms with Crippen LogP contribution in [0.4, 0.5) is 0 Å². The number of nitrogens with zero attached hydrogens (tertiary/aromatic N) is 2. The molecule has 142 valence electrons. The van der Waals surface area contributed by atoms with Gasteiger partial charge in [0.25, 0.3) is 5.91 Å². The summed E-state index contributed by atoms with van der Waals surface area (Å²) in [5.74, 6) is 0.0930. The first-order chi connectivity index (χ1) is 13.1. The standard InChI is InChI=1S/C21H23ClN2O2S/c22-17-9-7-15(8-10-17)20(25)23-11-1-4-16(14-23)21(26)24-12-2-5-18(24)19-6-3-13-27-19/h3,6-10,13,16,18H,1-2,4-5,11-12,14H2/t16-,18+/m0/s1. The lowest BCUT2D eigenvalue weighted by Crippen LogP contribution is -2.46. The lowest BCUT2D eigenvalue weighted by molar-refractivity contribution is -0.137. The largest absolute Gasteiger partial charge is 0.338 e. The van der Waals surface area contributed by atoms with Crippen molar-refractivity contribution in [3.05, 3.63) is 57.2 Å². The SMILES string of the molecule is O=C(c1ccc(Cl)cc1)N1CCC[C@H](C(=O)N2CCC[C@@H]2c2cccs2)C1. The fraction of sp³-hybridized carbons (Fsp3) is 0.429. The molecule has 6 heteroatoms. The fourth-order valence-corrected chi connectivity index (χ4v) is 5.18. The maximum atomic E-state index is 13.2. The van der Waals surface area contributed by atoms with E-state index in [1.54, 1.807) is 35.6 Å². The molecule has 2 saturated heterocycles. The van der Waals surface area contributed by atoms with Crippen LogP contribution in [0.2, 0.25) is 5.02 Å². The Morgan fingerprint density at radius 2 is 1.81 bits per heavy atom. The number of piperidine rings is 1. The smallest absolute Gasteiger partial charge is 0.253 e. The minimum atomic E-state index is -0.101. The summed E-state index contributed by atoms with van der Waals surface area (Å²) in [5, 5.41) is 2.69. The number of thiophene rings is 1. The zero-order valence-electron chi connectivity index (χ0n) is 15.1. The third-order valence-electron chi connectivity index (χ3n) is 5.56. The Kier molecular flexibility index (Phi) is 5.50. The average molecular weight is 403 g/mol. The zero-order chi connectivity index (χ0) is 18.8. The molecule has 3 heterocycles. The highest BCUT2D eigenvalue weighted by Gasteiger charge is 2.37. The van der Waals surface area contributed by atoms with Gasteiger partial charge in [-0.3, -0.25) is 9.59 Å². The van der Waals surface area contributed by atoms with Crippen molar-refractivity contribution in [1.29, 1.82) is 0 Å². The van der Waals surface area contributed by atoms with Crippen LogP contribution in [0.1, 0.15) is 47.0 Å². The average Bonchev–Trinajstić information content (AvgIpc) is 3.39. The molecule has 2 aliphatic rings. The monoisotopic (exact) mass is 402 g/mol. The van der Waals surface area contributed by atoms with E-state index < -0.39 is 0 Å². The Morgan fingerprint density at radius 1 is 1.04 bits per heavy atom. The number of benzene rings is 1. The molecule has 2 amide bonds. The number of halogens is 1. The van der Waals surface area contributed by atoms with Crippen LogP contribution in [0.3, 0.4) is 0 Å². The third-order valence-corrected chi connectivity index (χ3v) is 6.78. The van der Waals surface area contributed by atoms with Gasteiger partial charge in [-0.15, -0.1) is 11.3 Å². The molecular formula is C21H23ClN2O2S. The van der Waals surface area contributed by atoms with Crippen LogP contribution in [-0.2, 0) is 4.79 Å². The van der Waals surface area contributed by atoms with E-state index in [-0.39, 0.29) is 23.8 Å². The molecule has 0 aliphatic carbocycles. The second-order valence-corrected chi connectivity index (χ2v) is 8.72. The summed E-state index contributed by atoms with van der Waals surface area (Å²) < 4.78 is 0. The Hall–Kier alpha value is -1.85. The zero-order valence-corrected chi connectivity index (χ0v) is 16.7. The number of likely N-dealkylation sites (tertiary alicyclic amines) is 2. The molecule has 4 nitrogen and oxygen atoms in total. The molecule has 4 rings (SSSR count). The molecule has 1 aromatic heterocycles. The highest BCUT2D eigenvalue weighted by atomic mass is 35.5. The normalized spacial score (nSPS) is 22.9. The van der Waals surface area contributed by atoms with E-state index in [4.69, 9.17) is 11.6 Å². The number of rotatable bonds is 3. The highest BCUT2D eigenvalue weighted by Crippen LogP contribution is 2.36. The van der Waals surface area contributed by atoms with E-state index in [9.17, 15) is 9.59 Å². The molecule has 2 atom stereocenters. The molecule has 2 aromatic rings. The molecule has 2 aliphatic heterocycles. The Morgan fingerprint density at radius 3 is 2.56 bits per heavy atom. The Balaban J connectivity index is 1.45. The third kappa shape index (κ3) is 3.90. The molecule has 0 radical (unpaired) electrons. The van der Waals surface area contributed by atoms with Gasteiger partial charge < -0.3 is 9.80 Å². The summed E-state index contributed by atoms with van der Waals surface area (Å²) in [6.07, 6.45) is 3.81. The van der Waals surface area contributed by atoms with Crippen LogP contribution in [0, 0.1) is 5.92 Å². The van der Waals surface area contributed by atoms with Gasteiger partial charge in [-0.05, 0) is 61.4 Å². The van der Waals surface area contributed by atoms with Crippen LogP contribution < -0.4 is 0 Å². The second kappa shape index (κ2) is 8.03. The molecule has 1 aromatic carbocycles. The van der Waals surface area contributed by atoms with Crippen LogP contribution in [-0.4, -0.2) is 41.2 Å². The van der Waals surface area contributed by atoms with Crippen molar-refractivity contribution in [3.8, 4) is 0 Å². The van der Waals surface area contributed by atoms with E-state index in [1.165, 1.54) is 4.88 Å². The van der Waals surface area contributed by atoms with Crippen molar-refractivity contribution in [2.24, 2.45) is 5.92 Å². The van der Waals surface area contributed by atoms with Gasteiger partial charge in [0.2, 0.25) is 5.91 Å². The summed E-state index contributed by atoms with van der Waals surface area (Å²) in [4.78, 5) is 31.2. The van der Waals surface area contributed by atoms with Crippen LogP contribution in [0.15, 0.2) is 41.8 Å². The van der Waals surface area contributed by atoms with Gasteiger partial charge in [0, 0.05) is 35.1 Å². The van der Waals surface area contributed by atoms with E-state index in [0.29, 0.717) is 23.7 Å². The van der Waals surface area contributed by atoms with Gasteiger partial charge in [0.15, 0.2) is 0 Å². The van der Waals surface area contributed by atoms with E-state index in [1.807, 2.05) is 15.9 Å². The summed E-state index contributed by atoms with van der Waals surface area (Å²) >= 11 is 7.64. The minimum Gasteiger partial charge on any atom is -0.338 e. The van der Waals surface area contributed by atoms with Crippen molar-refractivity contribution in [2.45, 2.75) is 31.7 Å². The predicted molar refractivity (Wildman–Crippen MR) is 108 cm³/mol. The summed E-state index contributed by atoms with van der Waals surface area (Å²) in [6, 6.07) is 11.4. The van der Waals surface area contributed by atoms with Crippen LogP contribution >= 0.6 is 22.9 Å². The quantitative estimate of drug-likeness (QED) is 0.751. The van der Waals surface area contributed by atoms with Gasteiger partial charge in [-0.25, -0.2) is 0 Å². The molecule has 0 saturated carbocycles. The van der Waals surface area contributed by atoms with Crippen molar-refractivity contribution in [1.82, 2.24) is 9.80 Å².